The molecule has 0 bridgehead atoms. The number of piperidine rings is 1. The zero-order chi connectivity index (χ0) is 19.3. The minimum absolute atomic E-state index is 0.555. The minimum atomic E-state index is 0.555. The van der Waals surface area contributed by atoms with Crippen LogP contribution < -0.4 is 16.0 Å². The van der Waals surface area contributed by atoms with Gasteiger partial charge in [0.2, 0.25) is 0 Å². The topological polar surface area (TPSA) is 95.8 Å². The first-order valence-electron chi connectivity index (χ1n) is 9.64. The molecule has 1 fully saturated rings. The van der Waals surface area contributed by atoms with Crippen molar-refractivity contribution in [3.8, 4) is 0 Å². The predicted molar refractivity (Wildman–Crippen MR) is 114 cm³/mol. The Morgan fingerprint density at radius 3 is 2.57 bits per heavy atom. The Morgan fingerprint density at radius 1 is 1.07 bits per heavy atom. The van der Waals surface area contributed by atoms with Crippen molar-refractivity contribution >= 4 is 35.3 Å². The maximum absolute atomic E-state index is 6.45. The number of aromatic nitrogens is 4. The number of aryl methyl sites for hydroxylation is 1. The van der Waals surface area contributed by atoms with Crippen molar-refractivity contribution in [1.82, 2.24) is 20.2 Å². The van der Waals surface area contributed by atoms with E-state index in [1.54, 1.807) is 0 Å². The van der Waals surface area contributed by atoms with E-state index in [1.165, 1.54) is 6.42 Å². The molecule has 0 spiro atoms. The molecule has 28 heavy (non-hydrogen) atoms. The molecule has 7 heteroatoms. The van der Waals surface area contributed by atoms with Gasteiger partial charge in [-0.25, -0.2) is 9.97 Å². The van der Waals surface area contributed by atoms with E-state index in [1.807, 2.05) is 55.5 Å². The summed E-state index contributed by atoms with van der Waals surface area (Å²) < 4.78 is 0. The SMILES string of the molecule is Cc1cc(Nc2nc(/C=C/c3ccccc3)nc(N3CCCCC3)c2N)n[nH]1. The molecule has 144 valence electrons. The Bertz CT molecular complexity index is 956. The highest BCUT2D eigenvalue weighted by Crippen LogP contribution is 2.31. The number of nitrogens with two attached hydrogens (primary N) is 1. The average molecular weight is 375 g/mol. The van der Waals surface area contributed by atoms with Crippen LogP contribution in [-0.2, 0) is 0 Å². The number of anilines is 4. The highest BCUT2D eigenvalue weighted by molar-refractivity contribution is 5.80. The van der Waals surface area contributed by atoms with Gasteiger partial charge < -0.3 is 16.0 Å². The molecule has 3 heterocycles. The van der Waals surface area contributed by atoms with Crippen LogP contribution in [0.4, 0.5) is 23.1 Å². The normalized spacial score (nSPS) is 14.5. The number of hydrogen-bond donors (Lipinski definition) is 3. The number of nitrogen functional groups attached to an aromatic ring is 1. The van der Waals surface area contributed by atoms with Crippen LogP contribution in [-0.4, -0.2) is 33.3 Å². The molecule has 0 atom stereocenters. The fourth-order valence-corrected chi connectivity index (χ4v) is 3.33. The number of hydrogen-bond acceptors (Lipinski definition) is 6. The molecule has 3 aromatic rings. The van der Waals surface area contributed by atoms with E-state index >= 15 is 0 Å². The van der Waals surface area contributed by atoms with Crippen molar-refractivity contribution in [1.29, 1.82) is 0 Å². The van der Waals surface area contributed by atoms with Gasteiger partial charge in [-0.3, -0.25) is 5.10 Å². The van der Waals surface area contributed by atoms with Crippen molar-refractivity contribution in [2.75, 3.05) is 29.0 Å². The molecular weight excluding hydrogens is 350 g/mol. The lowest BCUT2D eigenvalue weighted by molar-refractivity contribution is 0.573. The van der Waals surface area contributed by atoms with Crippen molar-refractivity contribution in [2.45, 2.75) is 26.2 Å². The van der Waals surface area contributed by atoms with Crippen molar-refractivity contribution < 1.29 is 0 Å². The predicted octanol–water partition coefficient (Wildman–Crippen LogP) is 3.99. The highest BCUT2D eigenvalue weighted by Gasteiger charge is 2.19. The molecule has 0 unspecified atom stereocenters. The summed E-state index contributed by atoms with van der Waals surface area (Å²) in [5.41, 5.74) is 9.07. The summed E-state index contributed by atoms with van der Waals surface area (Å²) in [6, 6.07) is 12.0. The third kappa shape index (κ3) is 4.14. The van der Waals surface area contributed by atoms with E-state index in [4.69, 9.17) is 10.7 Å². The van der Waals surface area contributed by atoms with Crippen LogP contribution in [0, 0.1) is 6.92 Å². The molecule has 0 radical (unpaired) electrons. The lowest BCUT2D eigenvalue weighted by Gasteiger charge is -2.29. The van der Waals surface area contributed by atoms with E-state index in [0.29, 0.717) is 23.1 Å². The minimum Gasteiger partial charge on any atom is -0.393 e. The summed E-state index contributed by atoms with van der Waals surface area (Å²) in [5, 5.41) is 10.4. The molecule has 1 saturated heterocycles. The largest absolute Gasteiger partial charge is 0.393 e. The van der Waals surface area contributed by atoms with Crippen LogP contribution in [0.25, 0.3) is 12.2 Å². The Labute approximate surface area is 164 Å². The van der Waals surface area contributed by atoms with Crippen LogP contribution in [0.15, 0.2) is 36.4 Å². The molecule has 1 aliphatic heterocycles. The molecule has 7 nitrogen and oxygen atoms in total. The molecule has 0 amide bonds. The Morgan fingerprint density at radius 2 is 1.86 bits per heavy atom. The summed E-state index contributed by atoms with van der Waals surface area (Å²) in [7, 11) is 0. The molecule has 1 aliphatic rings. The van der Waals surface area contributed by atoms with Crippen LogP contribution in [0.1, 0.15) is 36.3 Å². The summed E-state index contributed by atoms with van der Waals surface area (Å²) >= 11 is 0. The molecule has 4 N–H and O–H groups in total. The van der Waals surface area contributed by atoms with Crippen molar-refractivity contribution in [3.63, 3.8) is 0 Å². The number of benzene rings is 1. The highest BCUT2D eigenvalue weighted by atomic mass is 15.2. The first kappa shape index (κ1) is 18.0. The first-order valence-corrected chi connectivity index (χ1v) is 9.64. The second-order valence-corrected chi connectivity index (χ2v) is 7.02. The van der Waals surface area contributed by atoms with Crippen LogP contribution in [0.2, 0.25) is 0 Å². The van der Waals surface area contributed by atoms with Gasteiger partial charge in [-0.1, -0.05) is 36.4 Å². The van der Waals surface area contributed by atoms with Gasteiger partial charge in [0.25, 0.3) is 0 Å². The average Bonchev–Trinajstić information content (AvgIpc) is 3.14. The molecule has 2 aromatic heterocycles. The number of H-pyrrole nitrogens is 1. The lowest BCUT2D eigenvalue weighted by atomic mass is 10.1. The van der Waals surface area contributed by atoms with Crippen molar-refractivity contribution in [3.05, 3.63) is 53.5 Å². The Kier molecular flexibility index (Phi) is 5.23. The number of aromatic amines is 1. The zero-order valence-electron chi connectivity index (χ0n) is 16.0. The van der Waals surface area contributed by atoms with Gasteiger partial charge in [0.15, 0.2) is 23.3 Å². The Balaban J connectivity index is 1.70. The quantitative estimate of drug-likeness (QED) is 0.624. The van der Waals surface area contributed by atoms with Gasteiger partial charge in [0.05, 0.1) is 0 Å². The maximum Gasteiger partial charge on any atom is 0.161 e. The summed E-state index contributed by atoms with van der Waals surface area (Å²) in [5.74, 6) is 2.67. The second-order valence-electron chi connectivity index (χ2n) is 7.02. The van der Waals surface area contributed by atoms with E-state index in [2.05, 4.69) is 25.4 Å². The standard InChI is InChI=1S/C21H25N7/c1-15-14-18(27-26-15)24-20-19(22)21(28-12-6-3-7-13-28)25-17(23-20)11-10-16-8-4-2-5-9-16/h2,4-5,8-11,14H,3,6-7,12-13,22H2,1H3,(H2,23,24,25,26,27)/b11-10+. The molecule has 0 aliphatic carbocycles. The van der Waals surface area contributed by atoms with Gasteiger partial charge in [-0.15, -0.1) is 0 Å². The molecular formula is C21H25N7. The summed E-state index contributed by atoms with van der Waals surface area (Å²) in [6.45, 7) is 3.88. The molecule has 4 rings (SSSR count). The smallest absolute Gasteiger partial charge is 0.161 e. The zero-order valence-corrected chi connectivity index (χ0v) is 16.0. The van der Waals surface area contributed by atoms with Gasteiger partial charge in [-0.05, 0) is 37.8 Å². The third-order valence-electron chi connectivity index (χ3n) is 4.78. The van der Waals surface area contributed by atoms with Crippen LogP contribution in [0.5, 0.6) is 0 Å². The number of nitrogens with one attached hydrogen (secondary N) is 2. The van der Waals surface area contributed by atoms with Gasteiger partial charge in [0.1, 0.15) is 5.69 Å². The fourth-order valence-electron chi connectivity index (χ4n) is 3.33. The van der Waals surface area contributed by atoms with Crippen LogP contribution in [0.3, 0.4) is 0 Å². The molecule has 0 saturated carbocycles. The summed E-state index contributed by atoms with van der Waals surface area (Å²) in [6.07, 6.45) is 7.48. The van der Waals surface area contributed by atoms with Gasteiger partial charge >= 0.3 is 0 Å². The molecule has 1 aromatic carbocycles. The van der Waals surface area contributed by atoms with Gasteiger partial charge in [0, 0.05) is 24.8 Å². The first-order chi connectivity index (χ1) is 13.7. The summed E-state index contributed by atoms with van der Waals surface area (Å²) in [4.78, 5) is 11.6. The second kappa shape index (κ2) is 8.12. The number of nitrogens with zero attached hydrogens (tertiary/aromatic N) is 4. The lowest BCUT2D eigenvalue weighted by Crippen LogP contribution is -2.31. The Hall–Kier alpha value is -3.35. The maximum atomic E-state index is 6.45. The fraction of sp³-hybridized carbons (Fsp3) is 0.286. The van der Waals surface area contributed by atoms with E-state index < -0.39 is 0 Å². The number of rotatable bonds is 5. The van der Waals surface area contributed by atoms with Crippen LogP contribution >= 0.6 is 0 Å². The van der Waals surface area contributed by atoms with Gasteiger partial charge in [-0.2, -0.15) is 5.10 Å². The van der Waals surface area contributed by atoms with E-state index in [0.717, 1.165) is 43.0 Å². The third-order valence-corrected chi connectivity index (χ3v) is 4.78. The van der Waals surface area contributed by atoms with Crippen molar-refractivity contribution in [2.24, 2.45) is 0 Å². The van der Waals surface area contributed by atoms with E-state index in [-0.39, 0.29) is 0 Å². The monoisotopic (exact) mass is 375 g/mol. The van der Waals surface area contributed by atoms with E-state index in [9.17, 15) is 0 Å².